The van der Waals surface area contributed by atoms with Gasteiger partial charge < -0.3 is 16.0 Å². The number of piperidine rings is 1. The van der Waals surface area contributed by atoms with Crippen LogP contribution in [0.2, 0.25) is 0 Å². The van der Waals surface area contributed by atoms with E-state index in [9.17, 15) is 4.79 Å². The smallest absolute Gasteiger partial charge is 0.241 e. The highest BCUT2D eigenvalue weighted by molar-refractivity contribution is 14.0. The number of halogens is 1. The minimum atomic E-state index is -0.0168. The molecule has 0 bridgehead atoms. The van der Waals surface area contributed by atoms with Gasteiger partial charge in [-0.15, -0.1) is 24.0 Å². The van der Waals surface area contributed by atoms with E-state index in [-0.39, 0.29) is 36.4 Å². The highest BCUT2D eigenvalue weighted by Gasteiger charge is 2.21. The third kappa shape index (κ3) is 5.41. The van der Waals surface area contributed by atoms with Crippen LogP contribution in [0.5, 0.6) is 0 Å². The maximum atomic E-state index is 11.5. The molecule has 0 unspecified atom stereocenters. The van der Waals surface area contributed by atoms with Crippen molar-refractivity contribution in [3.63, 3.8) is 0 Å². The summed E-state index contributed by atoms with van der Waals surface area (Å²) in [6, 6.07) is 0. The van der Waals surface area contributed by atoms with Gasteiger partial charge in [0.05, 0.1) is 0 Å². The lowest BCUT2D eigenvalue weighted by Crippen LogP contribution is -2.41. The third-order valence-corrected chi connectivity index (χ3v) is 3.35. The number of guanidine groups is 1. The van der Waals surface area contributed by atoms with Crippen molar-refractivity contribution >= 4 is 35.8 Å². The topological polar surface area (TPSA) is 70.7 Å². The normalized spacial score (nSPS) is 20.2. The summed E-state index contributed by atoms with van der Waals surface area (Å²) in [5.41, 5.74) is 5.86. The van der Waals surface area contributed by atoms with Crippen LogP contribution in [0.15, 0.2) is 4.99 Å². The molecule has 2 rings (SSSR count). The number of nitrogens with two attached hydrogens (primary N) is 1. The Balaban J connectivity index is 0.00000162. The van der Waals surface area contributed by atoms with Crippen molar-refractivity contribution in [2.75, 3.05) is 26.2 Å². The summed E-state index contributed by atoms with van der Waals surface area (Å²) in [7, 11) is 0. The molecule has 104 valence electrons. The van der Waals surface area contributed by atoms with E-state index in [0.29, 0.717) is 11.9 Å². The highest BCUT2D eigenvalue weighted by atomic mass is 127. The summed E-state index contributed by atoms with van der Waals surface area (Å²) in [6.45, 7) is 2.91. The lowest BCUT2D eigenvalue weighted by molar-refractivity contribution is -0.119. The van der Waals surface area contributed by atoms with E-state index in [2.05, 4.69) is 15.2 Å². The van der Waals surface area contributed by atoms with Crippen LogP contribution in [0.3, 0.4) is 0 Å². The maximum Gasteiger partial charge on any atom is 0.241 e. The first kappa shape index (κ1) is 15.5. The van der Waals surface area contributed by atoms with E-state index in [1.165, 1.54) is 32.1 Å². The van der Waals surface area contributed by atoms with Gasteiger partial charge in [-0.05, 0) is 38.0 Å². The van der Waals surface area contributed by atoms with E-state index < -0.39 is 0 Å². The predicted molar refractivity (Wildman–Crippen MR) is 83.1 cm³/mol. The molecule has 0 aromatic rings. The molecule has 1 saturated carbocycles. The van der Waals surface area contributed by atoms with Crippen LogP contribution in [0.4, 0.5) is 0 Å². The second kappa shape index (κ2) is 7.81. The van der Waals surface area contributed by atoms with Gasteiger partial charge >= 0.3 is 0 Å². The molecule has 1 amide bonds. The zero-order valence-electron chi connectivity index (χ0n) is 10.7. The Morgan fingerprint density at radius 3 is 2.56 bits per heavy atom. The van der Waals surface area contributed by atoms with Gasteiger partial charge in [0.1, 0.15) is 6.54 Å². The summed E-state index contributed by atoms with van der Waals surface area (Å²) in [4.78, 5) is 17.7. The molecule has 6 heteroatoms. The minimum Gasteiger partial charge on any atom is -0.370 e. The average molecular weight is 366 g/mol. The quantitative estimate of drug-likeness (QED) is 0.442. The maximum absolute atomic E-state index is 11.5. The lowest BCUT2D eigenvalue weighted by Gasteiger charge is -2.27. The number of hydrogen-bond acceptors (Lipinski definition) is 2. The molecule has 0 aromatic heterocycles. The molecule has 18 heavy (non-hydrogen) atoms. The van der Waals surface area contributed by atoms with Crippen LogP contribution in [0.25, 0.3) is 0 Å². The Kier molecular flexibility index (Phi) is 6.73. The SMILES string of the molecule is I.NC(=NCC(=O)NCC1CC1)N1CCCCC1. The van der Waals surface area contributed by atoms with Crippen LogP contribution < -0.4 is 11.1 Å². The predicted octanol–water partition coefficient (Wildman–Crippen LogP) is 0.931. The molecule has 2 aliphatic rings. The van der Waals surface area contributed by atoms with E-state index in [1.807, 2.05) is 0 Å². The van der Waals surface area contributed by atoms with Crippen LogP contribution in [0, 0.1) is 5.92 Å². The fourth-order valence-corrected chi connectivity index (χ4v) is 2.01. The minimum absolute atomic E-state index is 0. The monoisotopic (exact) mass is 366 g/mol. The van der Waals surface area contributed by atoms with Gasteiger partial charge in [0.15, 0.2) is 5.96 Å². The number of carbonyl (C=O) groups excluding carboxylic acids is 1. The summed E-state index contributed by atoms with van der Waals surface area (Å²) in [5.74, 6) is 1.21. The molecular formula is C12H23IN4O. The number of rotatable bonds is 4. The molecule has 2 fully saturated rings. The number of amides is 1. The molecule has 3 N–H and O–H groups in total. The zero-order valence-corrected chi connectivity index (χ0v) is 13.1. The summed E-state index contributed by atoms with van der Waals surface area (Å²) in [6.07, 6.45) is 6.11. The molecule has 5 nitrogen and oxygen atoms in total. The number of aliphatic imine (C=N–C) groups is 1. The van der Waals surface area contributed by atoms with Gasteiger partial charge in [0.2, 0.25) is 5.91 Å². The summed E-state index contributed by atoms with van der Waals surface area (Å²) in [5, 5.41) is 2.88. The van der Waals surface area contributed by atoms with Gasteiger partial charge in [-0.1, -0.05) is 0 Å². The average Bonchev–Trinajstić information content (AvgIpc) is 3.18. The summed E-state index contributed by atoms with van der Waals surface area (Å²) >= 11 is 0. The van der Waals surface area contributed by atoms with Gasteiger partial charge in [0.25, 0.3) is 0 Å². The van der Waals surface area contributed by atoms with E-state index in [1.54, 1.807) is 0 Å². The molecule has 0 radical (unpaired) electrons. The summed E-state index contributed by atoms with van der Waals surface area (Å²) < 4.78 is 0. The van der Waals surface area contributed by atoms with E-state index in [4.69, 9.17) is 5.73 Å². The first-order valence-electron chi connectivity index (χ1n) is 6.57. The molecule has 1 heterocycles. The molecule has 1 aliphatic carbocycles. The number of nitrogens with zero attached hydrogens (tertiary/aromatic N) is 2. The molecule has 0 aromatic carbocycles. The van der Waals surface area contributed by atoms with Crippen molar-refractivity contribution in [1.29, 1.82) is 0 Å². The van der Waals surface area contributed by atoms with Crippen molar-refractivity contribution in [3.8, 4) is 0 Å². The standard InChI is InChI=1S/C12H22N4O.HI/c13-12(16-6-2-1-3-7-16)15-9-11(17)14-8-10-4-5-10;/h10H,1-9H2,(H2,13,15)(H,14,17);1H. The van der Waals surface area contributed by atoms with Crippen molar-refractivity contribution in [1.82, 2.24) is 10.2 Å². The molecule has 1 aliphatic heterocycles. The first-order chi connectivity index (χ1) is 8.25. The van der Waals surface area contributed by atoms with Crippen molar-refractivity contribution in [3.05, 3.63) is 0 Å². The Bertz CT molecular complexity index is 298. The van der Waals surface area contributed by atoms with Gasteiger partial charge in [-0.2, -0.15) is 0 Å². The fraction of sp³-hybridized carbons (Fsp3) is 0.833. The van der Waals surface area contributed by atoms with Gasteiger partial charge in [0, 0.05) is 19.6 Å². The molecular weight excluding hydrogens is 343 g/mol. The zero-order chi connectivity index (χ0) is 12.1. The fourth-order valence-electron chi connectivity index (χ4n) is 2.01. The van der Waals surface area contributed by atoms with E-state index in [0.717, 1.165) is 19.6 Å². The largest absolute Gasteiger partial charge is 0.370 e. The Labute approximate surface area is 126 Å². The molecule has 0 atom stereocenters. The second-order valence-electron chi connectivity index (χ2n) is 4.97. The van der Waals surface area contributed by atoms with Crippen molar-refractivity contribution in [2.45, 2.75) is 32.1 Å². The van der Waals surface area contributed by atoms with Crippen molar-refractivity contribution < 1.29 is 4.79 Å². The first-order valence-corrected chi connectivity index (χ1v) is 6.57. The number of hydrogen-bond donors (Lipinski definition) is 2. The van der Waals surface area contributed by atoms with Crippen LogP contribution >= 0.6 is 24.0 Å². The van der Waals surface area contributed by atoms with Crippen LogP contribution in [0.1, 0.15) is 32.1 Å². The number of likely N-dealkylation sites (tertiary alicyclic amines) is 1. The van der Waals surface area contributed by atoms with Crippen LogP contribution in [-0.2, 0) is 4.79 Å². The lowest BCUT2D eigenvalue weighted by atomic mass is 10.1. The van der Waals surface area contributed by atoms with Gasteiger partial charge in [-0.3, -0.25) is 4.79 Å². The second-order valence-corrected chi connectivity index (χ2v) is 4.97. The number of nitrogens with one attached hydrogen (secondary N) is 1. The van der Waals surface area contributed by atoms with E-state index >= 15 is 0 Å². The molecule has 1 saturated heterocycles. The Hall–Kier alpha value is -0.530. The Morgan fingerprint density at radius 1 is 1.28 bits per heavy atom. The molecule has 0 spiro atoms. The Morgan fingerprint density at radius 2 is 1.94 bits per heavy atom. The third-order valence-electron chi connectivity index (χ3n) is 3.35. The number of carbonyl (C=O) groups is 1. The van der Waals surface area contributed by atoms with Gasteiger partial charge in [-0.25, -0.2) is 4.99 Å². The van der Waals surface area contributed by atoms with Crippen molar-refractivity contribution in [2.24, 2.45) is 16.6 Å². The van der Waals surface area contributed by atoms with Crippen LogP contribution in [-0.4, -0.2) is 42.9 Å². The highest BCUT2D eigenvalue weighted by Crippen LogP contribution is 2.27.